The molecule has 1 fully saturated rings. The van der Waals surface area contributed by atoms with Crippen molar-refractivity contribution in [2.45, 2.75) is 18.8 Å². The fourth-order valence-electron chi connectivity index (χ4n) is 3.96. The Balaban J connectivity index is 1.18. The summed E-state index contributed by atoms with van der Waals surface area (Å²) in [7, 11) is 0. The highest BCUT2D eigenvalue weighted by molar-refractivity contribution is 5.97. The van der Waals surface area contributed by atoms with E-state index in [-0.39, 0.29) is 36.9 Å². The van der Waals surface area contributed by atoms with Crippen LogP contribution in [-0.4, -0.2) is 53.3 Å². The van der Waals surface area contributed by atoms with Gasteiger partial charge < -0.3 is 24.2 Å². The number of aromatic nitrogens is 2. The van der Waals surface area contributed by atoms with Crippen LogP contribution in [0.15, 0.2) is 47.0 Å². The molecule has 1 saturated heterocycles. The van der Waals surface area contributed by atoms with Gasteiger partial charge in [0.25, 0.3) is 5.91 Å². The van der Waals surface area contributed by atoms with E-state index in [2.05, 4.69) is 15.5 Å². The second kappa shape index (κ2) is 8.89. The van der Waals surface area contributed by atoms with Gasteiger partial charge in [-0.1, -0.05) is 17.3 Å². The number of carbonyl (C=O) groups is 2. The van der Waals surface area contributed by atoms with Crippen molar-refractivity contribution in [3.05, 3.63) is 59.7 Å². The quantitative estimate of drug-likeness (QED) is 0.634. The lowest BCUT2D eigenvalue weighted by Crippen LogP contribution is -2.44. The second-order valence-corrected chi connectivity index (χ2v) is 7.90. The Morgan fingerprint density at radius 3 is 2.91 bits per heavy atom. The number of ether oxygens (including phenoxy) is 2. The van der Waals surface area contributed by atoms with Crippen LogP contribution in [0, 0.1) is 5.82 Å². The molecule has 0 aliphatic carbocycles. The van der Waals surface area contributed by atoms with Gasteiger partial charge >= 0.3 is 0 Å². The smallest absolute Gasteiger partial charge is 0.251 e. The van der Waals surface area contributed by atoms with Crippen LogP contribution in [0.4, 0.5) is 4.39 Å². The molecule has 0 spiro atoms. The van der Waals surface area contributed by atoms with Crippen LogP contribution in [0.5, 0.6) is 11.5 Å². The zero-order chi connectivity index (χ0) is 22.8. The van der Waals surface area contributed by atoms with Crippen molar-refractivity contribution >= 4 is 11.8 Å². The molecule has 33 heavy (non-hydrogen) atoms. The van der Waals surface area contributed by atoms with Crippen molar-refractivity contribution in [1.29, 1.82) is 0 Å². The van der Waals surface area contributed by atoms with Gasteiger partial charge in [-0.3, -0.25) is 9.59 Å². The maximum absolute atomic E-state index is 13.5. The maximum Gasteiger partial charge on any atom is 0.251 e. The first-order valence-electron chi connectivity index (χ1n) is 10.6. The molecule has 1 aromatic heterocycles. The molecule has 0 saturated carbocycles. The molecule has 2 aromatic carbocycles. The lowest BCUT2D eigenvalue weighted by molar-refractivity contribution is -0.131. The normalized spacial score (nSPS) is 17.1. The van der Waals surface area contributed by atoms with E-state index in [0.29, 0.717) is 47.4 Å². The van der Waals surface area contributed by atoms with E-state index in [4.69, 9.17) is 14.0 Å². The average molecular weight is 452 g/mol. The average Bonchev–Trinajstić information content (AvgIpc) is 3.52. The topological polar surface area (TPSA) is 107 Å². The molecule has 2 aliphatic heterocycles. The number of benzene rings is 2. The van der Waals surface area contributed by atoms with E-state index < -0.39 is 0 Å². The van der Waals surface area contributed by atoms with Crippen molar-refractivity contribution in [1.82, 2.24) is 20.4 Å². The highest BCUT2D eigenvalue weighted by Gasteiger charge is 2.29. The Labute approximate surface area is 188 Å². The molecule has 9 nitrogen and oxygen atoms in total. The van der Waals surface area contributed by atoms with Gasteiger partial charge in [0.05, 0.1) is 12.5 Å². The van der Waals surface area contributed by atoms with Gasteiger partial charge in [-0.25, -0.2) is 4.39 Å². The van der Waals surface area contributed by atoms with Crippen molar-refractivity contribution in [2.75, 3.05) is 26.4 Å². The first-order chi connectivity index (χ1) is 16.1. The second-order valence-electron chi connectivity index (χ2n) is 7.90. The summed E-state index contributed by atoms with van der Waals surface area (Å²) < 4.78 is 29.4. The third-order valence-electron chi connectivity index (χ3n) is 5.68. The molecule has 3 heterocycles. The van der Waals surface area contributed by atoms with Crippen molar-refractivity contribution in [3.8, 4) is 22.9 Å². The van der Waals surface area contributed by atoms with Gasteiger partial charge in [0.1, 0.15) is 5.82 Å². The maximum atomic E-state index is 13.5. The van der Waals surface area contributed by atoms with Crippen LogP contribution in [0.3, 0.4) is 0 Å². The molecule has 0 bridgehead atoms. The Bertz CT molecular complexity index is 1200. The van der Waals surface area contributed by atoms with Crippen LogP contribution in [0.2, 0.25) is 0 Å². The predicted molar refractivity (Wildman–Crippen MR) is 113 cm³/mol. The highest BCUT2D eigenvalue weighted by Crippen LogP contribution is 2.32. The summed E-state index contributed by atoms with van der Waals surface area (Å²) in [6.07, 6.45) is 1.56. The molecule has 0 radical (unpaired) electrons. The fourth-order valence-corrected chi connectivity index (χ4v) is 3.96. The molecule has 10 heteroatoms. The number of nitrogens with one attached hydrogen (secondary N) is 1. The summed E-state index contributed by atoms with van der Waals surface area (Å²) >= 11 is 0. The number of hydrogen-bond acceptors (Lipinski definition) is 7. The zero-order valence-electron chi connectivity index (χ0n) is 17.6. The first kappa shape index (κ1) is 20.9. The minimum Gasteiger partial charge on any atom is -0.454 e. The SMILES string of the molecule is O=C(NCC(=O)N1CCCC(c2nc(-c3cccc(F)c3)no2)C1)c1ccc2c(c1)OCO2. The Hall–Kier alpha value is -3.95. The fraction of sp³-hybridized carbons (Fsp3) is 0.304. The van der Waals surface area contributed by atoms with E-state index in [9.17, 15) is 14.0 Å². The van der Waals surface area contributed by atoms with Crippen LogP contribution in [0.1, 0.15) is 35.0 Å². The summed E-state index contributed by atoms with van der Waals surface area (Å²) in [5.74, 6) is 0.748. The van der Waals surface area contributed by atoms with E-state index in [1.807, 2.05) is 0 Å². The molecular formula is C23H21FN4O5. The molecular weight excluding hydrogens is 431 g/mol. The summed E-state index contributed by atoms with van der Waals surface area (Å²) in [5, 5.41) is 6.62. The number of rotatable bonds is 5. The third-order valence-corrected chi connectivity index (χ3v) is 5.68. The van der Waals surface area contributed by atoms with Gasteiger partial charge in [-0.05, 0) is 43.2 Å². The molecule has 170 valence electrons. The minimum absolute atomic E-state index is 0.123. The first-order valence-corrected chi connectivity index (χ1v) is 10.6. The van der Waals surface area contributed by atoms with Gasteiger partial charge in [0, 0.05) is 24.2 Å². The zero-order valence-corrected chi connectivity index (χ0v) is 17.6. The minimum atomic E-state index is -0.379. The van der Waals surface area contributed by atoms with Crippen molar-refractivity contribution < 1.29 is 28.0 Å². The number of carbonyl (C=O) groups excluding carboxylic acids is 2. The molecule has 1 atom stereocenters. The van der Waals surface area contributed by atoms with Crippen LogP contribution in [0.25, 0.3) is 11.4 Å². The predicted octanol–water partition coefficient (Wildman–Crippen LogP) is 2.74. The van der Waals surface area contributed by atoms with Crippen molar-refractivity contribution in [2.24, 2.45) is 0 Å². The Kier molecular flexibility index (Phi) is 5.64. The largest absolute Gasteiger partial charge is 0.454 e. The number of fused-ring (bicyclic) bond motifs is 1. The lowest BCUT2D eigenvalue weighted by Gasteiger charge is -2.31. The molecule has 2 aliphatic rings. The summed E-state index contributed by atoms with van der Waals surface area (Å²) in [6.45, 7) is 0.987. The molecule has 3 aromatic rings. The Morgan fingerprint density at radius 2 is 2.03 bits per heavy atom. The van der Waals surface area contributed by atoms with Gasteiger partial charge in [0.2, 0.25) is 24.4 Å². The molecule has 5 rings (SSSR count). The number of hydrogen-bond donors (Lipinski definition) is 1. The molecule has 2 amide bonds. The number of amides is 2. The monoisotopic (exact) mass is 452 g/mol. The van der Waals surface area contributed by atoms with Gasteiger partial charge in [-0.15, -0.1) is 0 Å². The van der Waals surface area contributed by atoms with E-state index in [0.717, 1.165) is 12.8 Å². The number of piperidine rings is 1. The summed E-state index contributed by atoms with van der Waals surface area (Å²) in [4.78, 5) is 31.2. The number of likely N-dealkylation sites (tertiary alicyclic amines) is 1. The van der Waals surface area contributed by atoms with Crippen LogP contribution in [-0.2, 0) is 4.79 Å². The van der Waals surface area contributed by atoms with Gasteiger partial charge in [-0.2, -0.15) is 4.98 Å². The third kappa shape index (κ3) is 4.50. The standard InChI is InChI=1S/C23H21FN4O5/c24-17-5-1-3-14(9-17)21-26-23(33-27-21)16-4-2-8-28(12-16)20(29)11-25-22(30)15-6-7-18-19(10-15)32-13-31-18/h1,3,5-7,9-10,16H,2,4,8,11-13H2,(H,25,30). The van der Waals surface area contributed by atoms with Crippen LogP contribution >= 0.6 is 0 Å². The molecule has 1 N–H and O–H groups in total. The van der Waals surface area contributed by atoms with Gasteiger partial charge in [0.15, 0.2) is 11.5 Å². The highest BCUT2D eigenvalue weighted by atomic mass is 19.1. The van der Waals surface area contributed by atoms with Crippen molar-refractivity contribution in [3.63, 3.8) is 0 Å². The number of halogens is 1. The lowest BCUT2D eigenvalue weighted by atomic mass is 9.98. The Morgan fingerprint density at radius 1 is 1.15 bits per heavy atom. The van der Waals surface area contributed by atoms with Crippen LogP contribution < -0.4 is 14.8 Å². The van der Waals surface area contributed by atoms with E-state index in [1.54, 1.807) is 35.2 Å². The summed E-state index contributed by atoms with van der Waals surface area (Å²) in [6, 6.07) is 10.9. The van der Waals surface area contributed by atoms with E-state index >= 15 is 0 Å². The van der Waals surface area contributed by atoms with E-state index in [1.165, 1.54) is 12.1 Å². The molecule has 1 unspecified atom stereocenters. The number of nitrogens with zero attached hydrogens (tertiary/aromatic N) is 3. The summed E-state index contributed by atoms with van der Waals surface area (Å²) in [5.41, 5.74) is 0.916.